The van der Waals surface area contributed by atoms with E-state index in [2.05, 4.69) is 23.5 Å². The van der Waals surface area contributed by atoms with Crippen LogP contribution in [0.25, 0.3) is 0 Å². The van der Waals surface area contributed by atoms with Gasteiger partial charge in [0.25, 0.3) is 0 Å². The first-order valence-corrected chi connectivity index (χ1v) is 7.12. The van der Waals surface area contributed by atoms with E-state index in [1.165, 1.54) is 11.3 Å². The highest BCUT2D eigenvalue weighted by molar-refractivity contribution is 7.98. The lowest BCUT2D eigenvalue weighted by atomic mass is 10.3. The SMILES string of the molecule is CCC(CSC)Nc1nc(Cl)c(C#N)s1. The van der Waals surface area contributed by atoms with E-state index in [4.69, 9.17) is 16.9 Å². The summed E-state index contributed by atoms with van der Waals surface area (Å²) in [7, 11) is 0. The van der Waals surface area contributed by atoms with E-state index in [0.29, 0.717) is 16.1 Å². The lowest BCUT2D eigenvalue weighted by Crippen LogP contribution is -2.20. The standard InChI is InChI=1S/C9H12ClN3S2/c1-3-6(5-14-2)12-9-13-8(10)7(4-11)15-9/h6H,3,5H2,1-2H3,(H,12,13). The molecule has 0 amide bonds. The van der Waals surface area contributed by atoms with Crippen molar-refractivity contribution < 1.29 is 0 Å². The average molecular weight is 262 g/mol. The minimum absolute atomic E-state index is 0.295. The van der Waals surface area contributed by atoms with Crippen LogP contribution in [0.3, 0.4) is 0 Å². The number of nitrogens with one attached hydrogen (secondary N) is 1. The van der Waals surface area contributed by atoms with Gasteiger partial charge in [0, 0.05) is 11.8 Å². The Bertz CT molecular complexity index is 359. The number of nitrogens with zero attached hydrogens (tertiary/aromatic N) is 2. The molecule has 1 rings (SSSR count). The third kappa shape index (κ3) is 3.56. The first kappa shape index (κ1) is 12.6. The van der Waals surface area contributed by atoms with Crippen molar-refractivity contribution in [3.63, 3.8) is 0 Å². The molecule has 0 fully saturated rings. The van der Waals surface area contributed by atoms with Crippen LogP contribution in [0, 0.1) is 11.3 Å². The Morgan fingerprint density at radius 3 is 2.93 bits per heavy atom. The van der Waals surface area contributed by atoms with Crippen LogP contribution in [0.1, 0.15) is 18.2 Å². The molecule has 15 heavy (non-hydrogen) atoms. The van der Waals surface area contributed by atoms with Crippen molar-refractivity contribution in [3.05, 3.63) is 10.0 Å². The summed E-state index contributed by atoms with van der Waals surface area (Å²) in [5, 5.41) is 13.0. The van der Waals surface area contributed by atoms with Crippen molar-refractivity contribution in [1.82, 2.24) is 4.98 Å². The number of hydrogen-bond acceptors (Lipinski definition) is 5. The molecule has 1 aromatic rings. The van der Waals surface area contributed by atoms with Gasteiger partial charge in [-0.1, -0.05) is 29.9 Å². The van der Waals surface area contributed by atoms with E-state index < -0.39 is 0 Å². The number of nitriles is 1. The van der Waals surface area contributed by atoms with Crippen LogP contribution >= 0.6 is 34.7 Å². The van der Waals surface area contributed by atoms with Crippen molar-refractivity contribution in [3.8, 4) is 6.07 Å². The molecule has 0 aromatic carbocycles. The van der Waals surface area contributed by atoms with Gasteiger partial charge in [-0.2, -0.15) is 17.0 Å². The molecule has 0 radical (unpaired) electrons. The van der Waals surface area contributed by atoms with Crippen LogP contribution in [-0.2, 0) is 0 Å². The molecule has 1 aromatic heterocycles. The molecule has 0 aliphatic rings. The summed E-state index contributed by atoms with van der Waals surface area (Å²) in [6, 6.07) is 2.40. The fourth-order valence-corrected chi connectivity index (χ4v) is 2.82. The predicted molar refractivity (Wildman–Crippen MR) is 67.9 cm³/mol. The largest absolute Gasteiger partial charge is 0.358 e. The summed E-state index contributed by atoms with van der Waals surface area (Å²) in [6.07, 6.45) is 3.10. The summed E-state index contributed by atoms with van der Waals surface area (Å²) < 4.78 is 0. The zero-order valence-corrected chi connectivity index (χ0v) is 11.0. The molecule has 82 valence electrons. The summed E-state index contributed by atoms with van der Waals surface area (Å²) in [5.74, 6) is 1.02. The fraction of sp³-hybridized carbons (Fsp3) is 0.556. The van der Waals surface area contributed by atoms with Crippen molar-refractivity contribution in [2.24, 2.45) is 0 Å². The quantitative estimate of drug-likeness (QED) is 0.884. The zero-order chi connectivity index (χ0) is 11.3. The van der Waals surface area contributed by atoms with E-state index in [0.717, 1.165) is 17.3 Å². The molecule has 0 aliphatic carbocycles. The number of anilines is 1. The van der Waals surface area contributed by atoms with Gasteiger partial charge in [0.15, 0.2) is 10.3 Å². The normalized spacial score (nSPS) is 12.1. The molecule has 6 heteroatoms. The van der Waals surface area contributed by atoms with Crippen molar-refractivity contribution >= 4 is 39.8 Å². The van der Waals surface area contributed by atoms with Crippen LogP contribution in [0.4, 0.5) is 5.13 Å². The second-order valence-electron chi connectivity index (χ2n) is 2.96. The fourth-order valence-electron chi connectivity index (χ4n) is 1.07. The molecule has 0 saturated heterocycles. The van der Waals surface area contributed by atoms with Gasteiger partial charge in [-0.25, -0.2) is 4.98 Å². The maximum Gasteiger partial charge on any atom is 0.185 e. The second kappa shape index (κ2) is 6.21. The van der Waals surface area contributed by atoms with Gasteiger partial charge >= 0.3 is 0 Å². The molecule has 0 spiro atoms. The summed E-state index contributed by atoms with van der Waals surface area (Å²) >= 11 is 8.87. The molecule has 3 nitrogen and oxygen atoms in total. The minimum Gasteiger partial charge on any atom is -0.358 e. The Labute approximate surface area is 103 Å². The number of thiazole rings is 1. The van der Waals surface area contributed by atoms with Crippen molar-refractivity contribution in [1.29, 1.82) is 5.26 Å². The van der Waals surface area contributed by atoms with E-state index >= 15 is 0 Å². The van der Waals surface area contributed by atoms with Crippen molar-refractivity contribution in [2.75, 3.05) is 17.3 Å². The summed E-state index contributed by atoms with van der Waals surface area (Å²) in [6.45, 7) is 2.12. The lowest BCUT2D eigenvalue weighted by molar-refractivity contribution is 0.773. The Hall–Kier alpha value is -0.440. The average Bonchev–Trinajstić information content (AvgIpc) is 2.58. The third-order valence-corrected chi connectivity index (χ3v) is 3.89. The van der Waals surface area contributed by atoms with Crippen LogP contribution < -0.4 is 5.32 Å². The van der Waals surface area contributed by atoms with Crippen LogP contribution in [0.15, 0.2) is 0 Å². The molecule has 0 aliphatic heterocycles. The highest BCUT2D eigenvalue weighted by Crippen LogP contribution is 2.26. The van der Waals surface area contributed by atoms with Crippen LogP contribution in [0.5, 0.6) is 0 Å². The third-order valence-electron chi connectivity index (χ3n) is 1.88. The first-order valence-electron chi connectivity index (χ1n) is 4.53. The molecule has 1 atom stereocenters. The van der Waals surface area contributed by atoms with Gasteiger partial charge in [0.05, 0.1) is 0 Å². The number of hydrogen-bond donors (Lipinski definition) is 1. The van der Waals surface area contributed by atoms with Gasteiger partial charge in [-0.3, -0.25) is 0 Å². The van der Waals surface area contributed by atoms with Gasteiger partial charge in [-0.15, -0.1) is 0 Å². The minimum atomic E-state index is 0.295. The zero-order valence-electron chi connectivity index (χ0n) is 8.58. The molecule has 1 N–H and O–H groups in total. The lowest BCUT2D eigenvalue weighted by Gasteiger charge is -2.14. The van der Waals surface area contributed by atoms with Crippen LogP contribution in [0.2, 0.25) is 5.15 Å². The topological polar surface area (TPSA) is 48.7 Å². The van der Waals surface area contributed by atoms with E-state index in [-0.39, 0.29) is 0 Å². The summed E-state index contributed by atoms with van der Waals surface area (Å²) in [5.41, 5.74) is 0. The maximum atomic E-state index is 8.73. The molecule has 1 heterocycles. The smallest absolute Gasteiger partial charge is 0.185 e. The number of thioether (sulfide) groups is 1. The Morgan fingerprint density at radius 2 is 2.47 bits per heavy atom. The van der Waals surface area contributed by atoms with E-state index in [9.17, 15) is 0 Å². The Morgan fingerprint density at radius 1 is 1.73 bits per heavy atom. The van der Waals surface area contributed by atoms with E-state index in [1.54, 1.807) is 11.8 Å². The number of aromatic nitrogens is 1. The molecular weight excluding hydrogens is 250 g/mol. The molecule has 1 unspecified atom stereocenters. The molecule has 0 bridgehead atoms. The highest BCUT2D eigenvalue weighted by Gasteiger charge is 2.11. The molecular formula is C9H12ClN3S2. The second-order valence-corrected chi connectivity index (χ2v) is 5.22. The van der Waals surface area contributed by atoms with E-state index in [1.807, 2.05) is 6.07 Å². The van der Waals surface area contributed by atoms with Gasteiger partial charge in [0.2, 0.25) is 0 Å². The number of rotatable bonds is 5. The summed E-state index contributed by atoms with van der Waals surface area (Å²) in [4.78, 5) is 4.56. The van der Waals surface area contributed by atoms with Gasteiger partial charge in [0.1, 0.15) is 10.9 Å². The van der Waals surface area contributed by atoms with Gasteiger partial charge in [-0.05, 0) is 12.7 Å². The Kier molecular flexibility index (Phi) is 5.23. The Balaban J connectivity index is 2.67. The first-order chi connectivity index (χ1) is 7.21. The van der Waals surface area contributed by atoms with Crippen LogP contribution in [-0.4, -0.2) is 23.0 Å². The monoisotopic (exact) mass is 261 g/mol. The van der Waals surface area contributed by atoms with Gasteiger partial charge < -0.3 is 5.32 Å². The van der Waals surface area contributed by atoms with Crippen molar-refractivity contribution in [2.45, 2.75) is 19.4 Å². The highest BCUT2D eigenvalue weighted by atomic mass is 35.5. The predicted octanol–water partition coefficient (Wildman–Crippen LogP) is 3.22. The maximum absolute atomic E-state index is 8.73. The number of halogens is 1. The molecule has 0 saturated carbocycles.